The van der Waals surface area contributed by atoms with Crippen molar-refractivity contribution in [1.29, 1.82) is 0 Å². The molecule has 1 amide bonds. The summed E-state index contributed by atoms with van der Waals surface area (Å²) in [5.74, 6) is -0.172. The van der Waals surface area contributed by atoms with Crippen molar-refractivity contribution < 1.29 is 19.4 Å². The standard InChI is InChI=1S/C17H25NO4/c1-12(2)10-15(17(20)21)18-16(19)9-5-7-13-6-4-8-14(11-13)22-3/h4,6,8,11-12,15H,5,7,9-10H2,1-3H3,(H,18,19)(H,20,21). The number of amides is 1. The van der Waals surface area contributed by atoms with Crippen LogP contribution in [-0.4, -0.2) is 30.1 Å². The fraction of sp³-hybridized carbons (Fsp3) is 0.529. The molecule has 2 N–H and O–H groups in total. The molecule has 5 nitrogen and oxygen atoms in total. The predicted octanol–water partition coefficient (Wildman–Crippen LogP) is 2.63. The van der Waals surface area contributed by atoms with Gasteiger partial charge >= 0.3 is 5.97 Å². The van der Waals surface area contributed by atoms with Gasteiger partial charge in [0.2, 0.25) is 5.91 Å². The second-order valence-electron chi connectivity index (χ2n) is 5.79. The first-order valence-electron chi connectivity index (χ1n) is 7.57. The molecule has 0 radical (unpaired) electrons. The molecule has 1 rings (SSSR count). The van der Waals surface area contributed by atoms with E-state index in [1.54, 1.807) is 7.11 Å². The van der Waals surface area contributed by atoms with Crippen molar-refractivity contribution in [2.75, 3.05) is 7.11 Å². The Labute approximate surface area is 131 Å². The molecule has 0 aromatic heterocycles. The van der Waals surface area contributed by atoms with Gasteiger partial charge in [-0.1, -0.05) is 26.0 Å². The van der Waals surface area contributed by atoms with E-state index in [0.29, 0.717) is 19.3 Å². The van der Waals surface area contributed by atoms with Gasteiger partial charge in [-0.3, -0.25) is 4.79 Å². The number of hydrogen-bond acceptors (Lipinski definition) is 3. The lowest BCUT2D eigenvalue weighted by Crippen LogP contribution is -2.41. The van der Waals surface area contributed by atoms with Gasteiger partial charge in [-0.05, 0) is 42.9 Å². The van der Waals surface area contributed by atoms with Crippen LogP contribution in [0, 0.1) is 5.92 Å². The summed E-state index contributed by atoms with van der Waals surface area (Å²) >= 11 is 0. The molecule has 1 atom stereocenters. The van der Waals surface area contributed by atoms with E-state index in [4.69, 9.17) is 9.84 Å². The second-order valence-corrected chi connectivity index (χ2v) is 5.79. The van der Waals surface area contributed by atoms with Crippen LogP contribution in [0.3, 0.4) is 0 Å². The number of nitrogens with one attached hydrogen (secondary N) is 1. The number of methoxy groups -OCH3 is 1. The van der Waals surface area contributed by atoms with E-state index in [-0.39, 0.29) is 11.8 Å². The minimum atomic E-state index is -0.977. The zero-order valence-corrected chi connectivity index (χ0v) is 13.5. The Balaban J connectivity index is 2.40. The summed E-state index contributed by atoms with van der Waals surface area (Å²) in [6, 6.07) is 6.91. The van der Waals surface area contributed by atoms with Gasteiger partial charge in [-0.2, -0.15) is 0 Å². The summed E-state index contributed by atoms with van der Waals surface area (Å²) in [7, 11) is 1.62. The van der Waals surface area contributed by atoms with Crippen LogP contribution in [0.2, 0.25) is 0 Å². The Kier molecular flexibility index (Phi) is 7.43. The quantitative estimate of drug-likeness (QED) is 0.735. The summed E-state index contributed by atoms with van der Waals surface area (Å²) in [5, 5.41) is 11.7. The van der Waals surface area contributed by atoms with E-state index in [1.807, 2.05) is 38.1 Å². The van der Waals surface area contributed by atoms with Crippen molar-refractivity contribution in [2.24, 2.45) is 5.92 Å². The summed E-state index contributed by atoms with van der Waals surface area (Å²) in [6.45, 7) is 3.87. The maximum Gasteiger partial charge on any atom is 0.326 e. The van der Waals surface area contributed by atoms with Crippen molar-refractivity contribution in [3.05, 3.63) is 29.8 Å². The van der Waals surface area contributed by atoms with Crippen molar-refractivity contribution in [2.45, 2.75) is 45.6 Å². The molecule has 0 heterocycles. The molecule has 122 valence electrons. The maximum atomic E-state index is 11.9. The molecule has 0 spiro atoms. The number of carboxylic acid groups (broad SMARTS) is 1. The number of carbonyl (C=O) groups excluding carboxylic acids is 1. The van der Waals surface area contributed by atoms with E-state index in [0.717, 1.165) is 17.7 Å². The number of ether oxygens (including phenoxy) is 1. The van der Waals surface area contributed by atoms with E-state index in [2.05, 4.69) is 5.32 Å². The molecule has 1 aromatic carbocycles. The van der Waals surface area contributed by atoms with Crippen LogP contribution >= 0.6 is 0 Å². The Morgan fingerprint density at radius 2 is 2.05 bits per heavy atom. The smallest absolute Gasteiger partial charge is 0.326 e. The van der Waals surface area contributed by atoms with Gasteiger partial charge in [0, 0.05) is 6.42 Å². The zero-order chi connectivity index (χ0) is 16.5. The minimum absolute atomic E-state index is 0.212. The maximum absolute atomic E-state index is 11.9. The highest BCUT2D eigenvalue weighted by Crippen LogP contribution is 2.14. The largest absolute Gasteiger partial charge is 0.497 e. The topological polar surface area (TPSA) is 75.6 Å². The number of aryl methyl sites for hydroxylation is 1. The first kappa shape index (κ1) is 18.0. The first-order valence-corrected chi connectivity index (χ1v) is 7.57. The molecule has 0 aliphatic rings. The van der Waals surface area contributed by atoms with Crippen LogP contribution in [0.25, 0.3) is 0 Å². The van der Waals surface area contributed by atoms with Crippen LogP contribution in [0.4, 0.5) is 0 Å². The first-order chi connectivity index (χ1) is 10.4. The molecule has 22 heavy (non-hydrogen) atoms. The SMILES string of the molecule is COc1cccc(CCCC(=O)NC(CC(C)C)C(=O)O)c1. The normalized spacial score (nSPS) is 12.0. The molecule has 1 unspecified atom stereocenters. The molecular formula is C17H25NO4. The van der Waals surface area contributed by atoms with Crippen molar-refractivity contribution in [1.82, 2.24) is 5.32 Å². The third-order valence-corrected chi connectivity index (χ3v) is 3.34. The fourth-order valence-corrected chi connectivity index (χ4v) is 2.24. The highest BCUT2D eigenvalue weighted by Gasteiger charge is 2.20. The fourth-order valence-electron chi connectivity index (χ4n) is 2.24. The lowest BCUT2D eigenvalue weighted by Gasteiger charge is -2.16. The van der Waals surface area contributed by atoms with E-state index in [1.165, 1.54) is 0 Å². The monoisotopic (exact) mass is 307 g/mol. The average molecular weight is 307 g/mol. The minimum Gasteiger partial charge on any atom is -0.497 e. The summed E-state index contributed by atoms with van der Waals surface area (Å²) in [4.78, 5) is 23.0. The molecule has 5 heteroatoms. The molecule has 0 fully saturated rings. The molecular weight excluding hydrogens is 282 g/mol. The summed E-state index contributed by atoms with van der Waals surface area (Å²) in [6.07, 6.45) is 2.19. The van der Waals surface area contributed by atoms with Crippen molar-refractivity contribution in [3.63, 3.8) is 0 Å². The highest BCUT2D eigenvalue weighted by atomic mass is 16.5. The van der Waals surface area contributed by atoms with Crippen molar-refractivity contribution >= 4 is 11.9 Å². The van der Waals surface area contributed by atoms with Gasteiger partial charge in [-0.15, -0.1) is 0 Å². The Hall–Kier alpha value is -2.04. The average Bonchev–Trinajstić information content (AvgIpc) is 2.46. The predicted molar refractivity (Wildman–Crippen MR) is 85.0 cm³/mol. The van der Waals surface area contributed by atoms with Crippen LogP contribution in [0.15, 0.2) is 24.3 Å². The van der Waals surface area contributed by atoms with E-state index < -0.39 is 12.0 Å². The van der Waals surface area contributed by atoms with Crippen LogP contribution < -0.4 is 10.1 Å². The van der Waals surface area contributed by atoms with Gasteiger partial charge in [0.1, 0.15) is 11.8 Å². The third kappa shape index (κ3) is 6.61. The van der Waals surface area contributed by atoms with Crippen LogP contribution in [-0.2, 0) is 16.0 Å². The molecule has 0 aliphatic carbocycles. The van der Waals surface area contributed by atoms with Crippen LogP contribution in [0.1, 0.15) is 38.7 Å². The van der Waals surface area contributed by atoms with Gasteiger partial charge < -0.3 is 15.2 Å². The molecule has 0 saturated heterocycles. The highest BCUT2D eigenvalue weighted by molar-refractivity contribution is 5.83. The van der Waals surface area contributed by atoms with Gasteiger partial charge in [0.05, 0.1) is 7.11 Å². The lowest BCUT2D eigenvalue weighted by molar-refractivity contribution is -0.142. The molecule has 0 aliphatic heterocycles. The van der Waals surface area contributed by atoms with Crippen LogP contribution in [0.5, 0.6) is 5.75 Å². The Bertz CT molecular complexity index is 499. The Morgan fingerprint density at radius 1 is 1.32 bits per heavy atom. The summed E-state index contributed by atoms with van der Waals surface area (Å²) < 4.78 is 5.15. The number of hydrogen-bond donors (Lipinski definition) is 2. The number of carbonyl (C=O) groups is 2. The number of rotatable bonds is 9. The van der Waals surface area contributed by atoms with Gasteiger partial charge in [-0.25, -0.2) is 4.79 Å². The number of carboxylic acids is 1. The molecule has 0 bridgehead atoms. The summed E-state index contributed by atoms with van der Waals surface area (Å²) in [5.41, 5.74) is 1.10. The van der Waals surface area contributed by atoms with E-state index in [9.17, 15) is 9.59 Å². The zero-order valence-electron chi connectivity index (χ0n) is 13.5. The second kappa shape index (κ2) is 9.07. The van der Waals surface area contributed by atoms with Gasteiger partial charge in [0.25, 0.3) is 0 Å². The third-order valence-electron chi connectivity index (χ3n) is 3.34. The molecule has 0 saturated carbocycles. The van der Waals surface area contributed by atoms with Crippen molar-refractivity contribution in [3.8, 4) is 5.75 Å². The van der Waals surface area contributed by atoms with Gasteiger partial charge in [0.15, 0.2) is 0 Å². The number of aliphatic carboxylic acids is 1. The number of benzene rings is 1. The Morgan fingerprint density at radius 3 is 2.64 bits per heavy atom. The molecule has 1 aromatic rings. The van der Waals surface area contributed by atoms with E-state index >= 15 is 0 Å². The lowest BCUT2D eigenvalue weighted by atomic mass is 10.0.